The molecule has 0 atom stereocenters. The molecular weight excluding hydrogens is 302 g/mol. The van der Waals surface area contributed by atoms with E-state index in [-0.39, 0.29) is 11.9 Å². The van der Waals surface area contributed by atoms with Crippen LogP contribution in [0.25, 0.3) is 0 Å². The minimum atomic E-state index is -0.599. The Morgan fingerprint density at radius 1 is 1.12 bits per heavy atom. The van der Waals surface area contributed by atoms with Gasteiger partial charge < -0.3 is 11.5 Å². The molecule has 3 rings (SSSR count). The fraction of sp³-hybridized carbons (Fsp3) is 0.412. The minimum absolute atomic E-state index is 0.176. The molecular formula is C17H19N7. The smallest absolute Gasteiger partial charge is 0.220 e. The average Bonchev–Trinajstić information content (AvgIpc) is 2.55. The fourth-order valence-electron chi connectivity index (χ4n) is 3.67. The monoisotopic (exact) mass is 321 g/mol. The van der Waals surface area contributed by atoms with Crippen molar-refractivity contribution in [1.82, 2.24) is 0 Å². The summed E-state index contributed by atoms with van der Waals surface area (Å²) in [5.74, 6) is 0.421. The van der Waals surface area contributed by atoms with Crippen molar-refractivity contribution in [3.05, 3.63) is 28.8 Å². The molecule has 0 saturated heterocycles. The first-order chi connectivity index (χ1) is 11.5. The van der Waals surface area contributed by atoms with Gasteiger partial charge in [-0.3, -0.25) is 4.90 Å². The number of anilines is 1. The predicted octanol–water partition coefficient (Wildman–Crippen LogP) is 1.85. The number of aryl methyl sites for hydroxylation is 1. The van der Waals surface area contributed by atoms with E-state index in [1.807, 2.05) is 11.8 Å². The van der Waals surface area contributed by atoms with Crippen LogP contribution in [0.3, 0.4) is 0 Å². The van der Waals surface area contributed by atoms with Crippen LogP contribution in [0.5, 0.6) is 0 Å². The molecule has 1 spiro atoms. The molecule has 1 saturated carbocycles. The zero-order chi connectivity index (χ0) is 17.3. The van der Waals surface area contributed by atoms with Crippen molar-refractivity contribution in [3.63, 3.8) is 0 Å². The summed E-state index contributed by atoms with van der Waals surface area (Å²) in [6.07, 6.45) is 4.76. The highest BCUT2D eigenvalue weighted by Gasteiger charge is 2.43. The Morgan fingerprint density at radius 3 is 2.46 bits per heavy atom. The first-order valence-corrected chi connectivity index (χ1v) is 7.95. The molecule has 0 bridgehead atoms. The molecule has 1 aliphatic heterocycles. The summed E-state index contributed by atoms with van der Waals surface area (Å²) in [7, 11) is 0. The van der Waals surface area contributed by atoms with Crippen molar-refractivity contribution in [2.24, 2.45) is 21.5 Å². The number of rotatable bonds is 1. The molecule has 7 heteroatoms. The Bertz CT molecular complexity index is 817. The van der Waals surface area contributed by atoms with E-state index in [9.17, 15) is 5.26 Å². The topological polar surface area (TPSA) is 128 Å². The van der Waals surface area contributed by atoms with Gasteiger partial charge >= 0.3 is 0 Å². The fourth-order valence-corrected chi connectivity index (χ4v) is 3.67. The third kappa shape index (κ3) is 2.44. The summed E-state index contributed by atoms with van der Waals surface area (Å²) in [6, 6.07) is 7.59. The highest BCUT2D eigenvalue weighted by atomic mass is 15.4. The molecule has 0 aromatic heterocycles. The maximum Gasteiger partial charge on any atom is 0.220 e. The molecule has 122 valence electrons. The van der Waals surface area contributed by atoms with Crippen molar-refractivity contribution >= 4 is 17.6 Å². The third-order valence-electron chi connectivity index (χ3n) is 4.63. The second-order valence-corrected chi connectivity index (χ2v) is 6.23. The first kappa shape index (κ1) is 15.8. The number of aliphatic imine (C=N–C) groups is 2. The second-order valence-electron chi connectivity index (χ2n) is 6.23. The minimum Gasteiger partial charge on any atom is -0.369 e. The van der Waals surface area contributed by atoms with Gasteiger partial charge in [0.05, 0.1) is 22.9 Å². The van der Waals surface area contributed by atoms with Gasteiger partial charge in [-0.05, 0) is 50.3 Å². The van der Waals surface area contributed by atoms with Crippen molar-refractivity contribution < 1.29 is 0 Å². The summed E-state index contributed by atoms with van der Waals surface area (Å²) in [6.45, 7) is 1.86. The lowest BCUT2D eigenvalue weighted by molar-refractivity contribution is 0.305. The molecule has 0 radical (unpaired) electrons. The second kappa shape index (κ2) is 5.86. The van der Waals surface area contributed by atoms with Crippen LogP contribution in [-0.2, 0) is 0 Å². The molecule has 0 amide bonds. The van der Waals surface area contributed by atoms with Crippen LogP contribution in [0.15, 0.2) is 22.1 Å². The Hall–Kier alpha value is -3.06. The predicted molar refractivity (Wildman–Crippen MR) is 92.1 cm³/mol. The number of nitrogens with two attached hydrogens (primary N) is 2. The molecule has 1 heterocycles. The van der Waals surface area contributed by atoms with Gasteiger partial charge in [-0.2, -0.15) is 15.5 Å². The maximum atomic E-state index is 9.59. The normalized spacial score (nSPS) is 19.2. The maximum absolute atomic E-state index is 9.59. The van der Waals surface area contributed by atoms with Crippen LogP contribution < -0.4 is 16.4 Å². The number of benzene rings is 1. The number of nitrogens with zero attached hydrogens (tertiary/aromatic N) is 5. The van der Waals surface area contributed by atoms with E-state index in [1.54, 1.807) is 12.1 Å². The quantitative estimate of drug-likeness (QED) is 0.815. The summed E-state index contributed by atoms with van der Waals surface area (Å²) in [4.78, 5) is 10.6. The first-order valence-electron chi connectivity index (χ1n) is 7.95. The van der Waals surface area contributed by atoms with E-state index in [2.05, 4.69) is 22.1 Å². The van der Waals surface area contributed by atoms with Gasteiger partial charge in [-0.25, -0.2) is 4.99 Å². The van der Waals surface area contributed by atoms with Gasteiger partial charge in [0.25, 0.3) is 0 Å². The molecule has 1 aromatic rings. The van der Waals surface area contributed by atoms with Crippen LogP contribution in [0.2, 0.25) is 0 Å². The van der Waals surface area contributed by atoms with E-state index in [0.717, 1.165) is 37.7 Å². The van der Waals surface area contributed by atoms with Gasteiger partial charge in [-0.1, -0.05) is 6.42 Å². The van der Waals surface area contributed by atoms with Crippen molar-refractivity contribution in [2.45, 2.75) is 44.7 Å². The molecule has 24 heavy (non-hydrogen) atoms. The van der Waals surface area contributed by atoms with E-state index in [0.29, 0.717) is 16.8 Å². The van der Waals surface area contributed by atoms with Crippen LogP contribution in [0.1, 0.15) is 48.8 Å². The largest absolute Gasteiger partial charge is 0.369 e. The van der Waals surface area contributed by atoms with Crippen molar-refractivity contribution in [1.29, 1.82) is 10.5 Å². The molecule has 0 unspecified atom stereocenters. The molecule has 7 nitrogen and oxygen atoms in total. The van der Waals surface area contributed by atoms with E-state index in [4.69, 9.17) is 16.7 Å². The van der Waals surface area contributed by atoms with Crippen LogP contribution in [0, 0.1) is 29.6 Å². The lowest BCUT2D eigenvalue weighted by Crippen LogP contribution is -2.58. The summed E-state index contributed by atoms with van der Waals surface area (Å²) in [5, 5.41) is 18.7. The molecule has 1 aromatic carbocycles. The number of guanidine groups is 2. The third-order valence-corrected chi connectivity index (χ3v) is 4.63. The van der Waals surface area contributed by atoms with Crippen molar-refractivity contribution in [2.75, 3.05) is 4.90 Å². The van der Waals surface area contributed by atoms with Gasteiger partial charge in [0.15, 0.2) is 0 Å². The number of hydrogen-bond acceptors (Lipinski definition) is 7. The van der Waals surface area contributed by atoms with Crippen LogP contribution >= 0.6 is 0 Å². The molecule has 1 fully saturated rings. The Balaban J connectivity index is 2.22. The van der Waals surface area contributed by atoms with Gasteiger partial charge in [-0.15, -0.1) is 0 Å². The summed E-state index contributed by atoms with van der Waals surface area (Å²) in [5.41, 5.74) is 13.8. The lowest BCUT2D eigenvalue weighted by atomic mass is 9.86. The molecule has 2 aliphatic rings. The van der Waals surface area contributed by atoms with Crippen LogP contribution in [0.4, 0.5) is 5.69 Å². The SMILES string of the molecule is Cc1cc(C#N)cc(C#N)c1N1C(N)=NC(N)=NC12CCCCC2. The molecule has 4 N–H and O–H groups in total. The zero-order valence-corrected chi connectivity index (χ0v) is 13.6. The standard InChI is InChI=1S/C17H19N7/c1-11-7-12(9-18)8-13(10-19)14(11)24-16(21)22-15(20)23-17(24)5-3-2-4-6-17/h7-8H,2-6H2,1H3,(H4,20,21,22,23). The van der Waals surface area contributed by atoms with Gasteiger partial charge in [0.2, 0.25) is 11.9 Å². The number of hydrogen-bond donors (Lipinski definition) is 2. The lowest BCUT2D eigenvalue weighted by Gasteiger charge is -2.46. The summed E-state index contributed by atoms with van der Waals surface area (Å²) < 4.78 is 0. The average molecular weight is 321 g/mol. The zero-order valence-electron chi connectivity index (χ0n) is 13.6. The highest BCUT2D eigenvalue weighted by molar-refractivity contribution is 6.06. The van der Waals surface area contributed by atoms with E-state index in [1.165, 1.54) is 0 Å². The Kier molecular flexibility index (Phi) is 3.86. The van der Waals surface area contributed by atoms with E-state index >= 15 is 0 Å². The van der Waals surface area contributed by atoms with Crippen molar-refractivity contribution in [3.8, 4) is 12.1 Å². The van der Waals surface area contributed by atoms with Gasteiger partial charge in [0.1, 0.15) is 11.7 Å². The van der Waals surface area contributed by atoms with E-state index < -0.39 is 5.66 Å². The highest BCUT2D eigenvalue weighted by Crippen LogP contribution is 2.41. The van der Waals surface area contributed by atoms with Gasteiger partial charge in [0, 0.05) is 0 Å². The molecule has 1 aliphatic carbocycles. The number of nitriles is 2. The summed E-state index contributed by atoms with van der Waals surface area (Å²) >= 11 is 0. The van der Waals surface area contributed by atoms with Crippen LogP contribution in [-0.4, -0.2) is 17.6 Å². The Morgan fingerprint density at radius 2 is 1.83 bits per heavy atom. The Labute approximate surface area is 140 Å².